The number of hydrogen-bond donors (Lipinski definition) is 0. The predicted octanol–water partition coefficient (Wildman–Crippen LogP) is 1.31. The highest BCUT2D eigenvalue weighted by Crippen LogP contribution is 2.41. The molecule has 0 saturated carbocycles. The zero-order valence-corrected chi connectivity index (χ0v) is 16.9. The lowest BCUT2D eigenvalue weighted by Gasteiger charge is -2.35. The Hall–Kier alpha value is -1.22. The van der Waals surface area contributed by atoms with E-state index in [4.69, 9.17) is 23.8 Å². The number of nitrogens with zero attached hydrogens (tertiary/aromatic N) is 1. The van der Waals surface area contributed by atoms with Gasteiger partial charge >= 0.3 is 11.9 Å². The van der Waals surface area contributed by atoms with Crippen LogP contribution in [-0.2, 0) is 33.4 Å². The number of hydroxylamine groups is 2. The number of hydrogen-bond acceptors (Lipinski definition) is 8. The molecule has 2 aliphatic rings. The van der Waals surface area contributed by atoms with Crippen LogP contribution in [0.15, 0.2) is 0 Å². The van der Waals surface area contributed by atoms with E-state index in [1.165, 1.54) is 14.2 Å². The quantitative estimate of drug-likeness (QED) is 0.682. The van der Waals surface area contributed by atoms with Crippen LogP contribution in [0.25, 0.3) is 0 Å². The summed E-state index contributed by atoms with van der Waals surface area (Å²) in [6.07, 6.45) is -1.84. The topological polar surface area (TPSA) is 83.5 Å². The van der Waals surface area contributed by atoms with Crippen LogP contribution in [0.3, 0.4) is 0 Å². The molecule has 8 nitrogen and oxygen atoms in total. The van der Waals surface area contributed by atoms with Crippen LogP contribution in [0.1, 0.15) is 41.5 Å². The summed E-state index contributed by atoms with van der Waals surface area (Å²) in [6.45, 7) is 12.1. The molecule has 26 heavy (non-hydrogen) atoms. The molecule has 0 bridgehead atoms. The lowest BCUT2D eigenvalue weighted by Crippen LogP contribution is -2.49. The van der Waals surface area contributed by atoms with Gasteiger partial charge in [-0.2, -0.15) is 5.06 Å². The predicted molar refractivity (Wildman–Crippen MR) is 92.1 cm³/mol. The van der Waals surface area contributed by atoms with Crippen molar-refractivity contribution in [3.05, 3.63) is 0 Å². The van der Waals surface area contributed by atoms with Gasteiger partial charge in [-0.1, -0.05) is 0 Å². The number of methoxy groups -OCH3 is 2. The van der Waals surface area contributed by atoms with Crippen molar-refractivity contribution in [2.75, 3.05) is 20.8 Å². The van der Waals surface area contributed by atoms with E-state index in [1.54, 1.807) is 5.06 Å². The normalized spacial score (nSPS) is 32.4. The Kier molecular flexibility index (Phi) is 6.02. The van der Waals surface area contributed by atoms with Gasteiger partial charge in [0.1, 0.15) is 18.1 Å². The van der Waals surface area contributed by atoms with Crippen molar-refractivity contribution in [1.82, 2.24) is 5.06 Å². The first kappa shape index (κ1) is 21.1. The van der Waals surface area contributed by atoms with Crippen LogP contribution in [-0.4, -0.2) is 73.3 Å². The first-order chi connectivity index (χ1) is 11.9. The van der Waals surface area contributed by atoms with Crippen LogP contribution in [0.4, 0.5) is 0 Å². The van der Waals surface area contributed by atoms with Gasteiger partial charge in [0.15, 0.2) is 6.10 Å². The number of carbonyl (C=O) groups is 2. The molecule has 5 atom stereocenters. The fraction of sp³-hybridized carbons (Fsp3) is 0.889. The molecular formula is C18H31NO7. The van der Waals surface area contributed by atoms with E-state index in [2.05, 4.69) is 0 Å². The van der Waals surface area contributed by atoms with Gasteiger partial charge in [0.25, 0.3) is 0 Å². The SMILES string of the molecule is COC(=O)[C@H]1[C@@H]2[C@H](OC(C)(C)C)[C@H](OC(C)(C)C)CN2O[C@H]1C(=O)OC. The molecule has 0 amide bonds. The van der Waals surface area contributed by atoms with Crippen LogP contribution in [0, 0.1) is 5.92 Å². The van der Waals surface area contributed by atoms with Gasteiger partial charge in [0.05, 0.1) is 38.0 Å². The summed E-state index contributed by atoms with van der Waals surface area (Å²) in [5.41, 5.74) is -0.864. The van der Waals surface area contributed by atoms with Crippen LogP contribution < -0.4 is 0 Å². The fourth-order valence-electron chi connectivity index (χ4n) is 3.49. The zero-order chi connectivity index (χ0) is 19.9. The van der Waals surface area contributed by atoms with E-state index in [1.807, 2.05) is 41.5 Å². The Bertz CT molecular complexity index is 537. The Morgan fingerprint density at radius 3 is 1.92 bits per heavy atom. The minimum absolute atomic E-state index is 0.315. The van der Waals surface area contributed by atoms with Crippen molar-refractivity contribution < 1.29 is 33.4 Å². The fourth-order valence-corrected chi connectivity index (χ4v) is 3.49. The molecule has 0 spiro atoms. The van der Waals surface area contributed by atoms with Crippen LogP contribution in [0.2, 0.25) is 0 Å². The van der Waals surface area contributed by atoms with Gasteiger partial charge in [-0.25, -0.2) is 4.79 Å². The average Bonchev–Trinajstić information content (AvgIpc) is 3.00. The van der Waals surface area contributed by atoms with E-state index in [-0.39, 0.29) is 6.10 Å². The Morgan fingerprint density at radius 2 is 1.46 bits per heavy atom. The van der Waals surface area contributed by atoms with Crippen molar-refractivity contribution in [3.8, 4) is 0 Å². The second kappa shape index (κ2) is 7.42. The highest BCUT2D eigenvalue weighted by atomic mass is 16.7. The highest BCUT2D eigenvalue weighted by molar-refractivity contribution is 5.85. The van der Waals surface area contributed by atoms with Crippen molar-refractivity contribution in [2.24, 2.45) is 5.92 Å². The van der Waals surface area contributed by atoms with Crippen LogP contribution >= 0.6 is 0 Å². The molecule has 2 rings (SSSR count). The first-order valence-corrected chi connectivity index (χ1v) is 8.82. The summed E-state index contributed by atoms with van der Waals surface area (Å²) >= 11 is 0. The average molecular weight is 373 g/mol. The second-order valence-corrected chi connectivity index (χ2v) is 8.65. The van der Waals surface area contributed by atoms with Gasteiger partial charge in [0.2, 0.25) is 0 Å². The summed E-state index contributed by atoms with van der Waals surface area (Å²) in [5.74, 6) is -2.00. The Morgan fingerprint density at radius 1 is 0.923 bits per heavy atom. The smallest absolute Gasteiger partial charge is 0.338 e. The maximum atomic E-state index is 12.5. The number of ether oxygens (including phenoxy) is 4. The number of carbonyl (C=O) groups excluding carboxylic acids is 2. The van der Waals surface area contributed by atoms with Gasteiger partial charge in [-0.05, 0) is 41.5 Å². The van der Waals surface area contributed by atoms with Crippen molar-refractivity contribution in [2.45, 2.75) is 77.1 Å². The molecule has 0 N–H and O–H groups in total. The monoisotopic (exact) mass is 373 g/mol. The highest BCUT2D eigenvalue weighted by Gasteiger charge is 2.61. The minimum atomic E-state index is -1.06. The summed E-state index contributed by atoms with van der Waals surface area (Å²) in [4.78, 5) is 30.3. The molecule has 2 heterocycles. The zero-order valence-electron chi connectivity index (χ0n) is 16.9. The maximum absolute atomic E-state index is 12.5. The molecule has 0 radical (unpaired) electrons. The third-order valence-electron chi connectivity index (χ3n) is 4.24. The molecule has 2 aliphatic heterocycles. The van der Waals surface area contributed by atoms with Gasteiger partial charge in [0, 0.05) is 0 Å². The standard InChI is InChI=1S/C18H31NO7/c1-17(2,3)24-10-9-19-12(13(10)25-18(4,5)6)11(15(20)22-7)14(26-19)16(21)23-8/h10-14H,9H2,1-8H3/t10-,11+,12-,13-,14-/m1/s1. The van der Waals surface area contributed by atoms with E-state index in [0.717, 1.165) is 0 Å². The van der Waals surface area contributed by atoms with Gasteiger partial charge in [-0.3, -0.25) is 9.63 Å². The van der Waals surface area contributed by atoms with Crippen molar-refractivity contribution in [3.63, 3.8) is 0 Å². The van der Waals surface area contributed by atoms with Crippen molar-refractivity contribution >= 4 is 11.9 Å². The molecule has 0 aliphatic carbocycles. The van der Waals surface area contributed by atoms with E-state index >= 15 is 0 Å². The molecule has 0 unspecified atom stereocenters. The molecule has 150 valence electrons. The largest absolute Gasteiger partial charge is 0.469 e. The van der Waals surface area contributed by atoms with Gasteiger partial charge in [-0.15, -0.1) is 0 Å². The third kappa shape index (κ3) is 4.54. The molecule has 0 aromatic rings. The van der Waals surface area contributed by atoms with E-state index in [0.29, 0.717) is 6.54 Å². The first-order valence-electron chi connectivity index (χ1n) is 8.82. The van der Waals surface area contributed by atoms with Crippen LogP contribution in [0.5, 0.6) is 0 Å². The lowest BCUT2D eigenvalue weighted by molar-refractivity contribution is -0.189. The summed E-state index contributed by atoms with van der Waals surface area (Å²) in [6, 6.07) is -0.502. The third-order valence-corrected chi connectivity index (χ3v) is 4.24. The molecular weight excluding hydrogens is 342 g/mol. The lowest BCUT2D eigenvalue weighted by atomic mass is 9.90. The number of fused-ring (bicyclic) bond motifs is 1. The number of rotatable bonds is 4. The summed E-state index contributed by atoms with van der Waals surface area (Å²) in [5, 5.41) is 1.61. The van der Waals surface area contributed by atoms with Crippen molar-refractivity contribution in [1.29, 1.82) is 0 Å². The maximum Gasteiger partial charge on any atom is 0.338 e. The number of esters is 2. The molecule has 2 saturated heterocycles. The van der Waals surface area contributed by atoms with E-state index < -0.39 is 47.3 Å². The van der Waals surface area contributed by atoms with Gasteiger partial charge < -0.3 is 18.9 Å². The molecule has 0 aromatic carbocycles. The Balaban J connectivity index is 2.37. The molecule has 0 aromatic heterocycles. The summed E-state index contributed by atoms with van der Waals surface area (Å²) in [7, 11) is 2.55. The second-order valence-electron chi connectivity index (χ2n) is 8.65. The summed E-state index contributed by atoms with van der Waals surface area (Å²) < 4.78 is 22.1. The molecule has 8 heteroatoms. The molecule has 2 fully saturated rings. The minimum Gasteiger partial charge on any atom is -0.469 e. The van der Waals surface area contributed by atoms with E-state index in [9.17, 15) is 9.59 Å². The Labute approximate surface area is 155 Å².